The van der Waals surface area contributed by atoms with Crippen molar-refractivity contribution in [2.45, 2.75) is 13.8 Å². The van der Waals surface area contributed by atoms with Crippen molar-refractivity contribution in [1.82, 2.24) is 9.97 Å². The second-order valence-electron chi connectivity index (χ2n) is 3.35. The van der Waals surface area contributed by atoms with Crippen LogP contribution in [0.2, 0.25) is 0 Å². The molecule has 0 N–H and O–H groups in total. The van der Waals surface area contributed by atoms with Crippen molar-refractivity contribution < 1.29 is 0 Å². The lowest BCUT2D eigenvalue weighted by Crippen LogP contribution is -1.89. The van der Waals surface area contributed by atoms with Gasteiger partial charge in [0.15, 0.2) is 0 Å². The summed E-state index contributed by atoms with van der Waals surface area (Å²) in [5, 5.41) is 0. The Morgan fingerprint density at radius 2 is 1.86 bits per heavy atom. The van der Waals surface area contributed by atoms with E-state index in [0.717, 1.165) is 17.0 Å². The summed E-state index contributed by atoms with van der Waals surface area (Å²) in [6.07, 6.45) is 3.63. The molecule has 0 radical (unpaired) electrons. The van der Waals surface area contributed by atoms with Gasteiger partial charge in [0.2, 0.25) is 0 Å². The van der Waals surface area contributed by atoms with Crippen LogP contribution in [-0.4, -0.2) is 9.97 Å². The lowest BCUT2D eigenvalue weighted by Gasteiger charge is -2.03. The molecule has 0 saturated carbocycles. The first-order valence-electron chi connectivity index (χ1n) is 4.62. The summed E-state index contributed by atoms with van der Waals surface area (Å²) in [5.74, 6) is 0. The lowest BCUT2D eigenvalue weighted by molar-refractivity contribution is 1.18. The topological polar surface area (TPSA) is 25.8 Å². The van der Waals surface area contributed by atoms with Gasteiger partial charge < -0.3 is 0 Å². The van der Waals surface area contributed by atoms with E-state index in [0.29, 0.717) is 0 Å². The van der Waals surface area contributed by atoms with E-state index in [9.17, 15) is 0 Å². The molecule has 0 aliphatic heterocycles. The molecule has 2 heteroatoms. The summed E-state index contributed by atoms with van der Waals surface area (Å²) < 4.78 is 0. The quantitative estimate of drug-likeness (QED) is 0.681. The van der Waals surface area contributed by atoms with E-state index in [1.165, 1.54) is 5.56 Å². The number of nitrogens with zero attached hydrogens (tertiary/aromatic N) is 2. The fourth-order valence-electron chi connectivity index (χ4n) is 1.44. The maximum atomic E-state index is 4.33. The molecule has 0 aliphatic rings. The predicted molar refractivity (Wildman–Crippen MR) is 56.9 cm³/mol. The van der Waals surface area contributed by atoms with E-state index >= 15 is 0 Å². The Hall–Kier alpha value is -1.70. The van der Waals surface area contributed by atoms with Crippen LogP contribution >= 0.6 is 0 Å². The van der Waals surface area contributed by atoms with Gasteiger partial charge in [-0.1, -0.05) is 0 Å². The minimum Gasteiger partial charge on any atom is -0.261 e. The molecule has 0 atom stereocenters. The maximum Gasteiger partial charge on any atom is 0.0722 e. The Labute approximate surface area is 83.7 Å². The lowest BCUT2D eigenvalue weighted by atomic mass is 10.1. The highest BCUT2D eigenvalue weighted by Crippen LogP contribution is 2.19. The monoisotopic (exact) mass is 184 g/mol. The standard InChI is InChI=1S/C12H12N2/c1-9-5-7-14-12(8-9)11-4-3-6-13-10(11)2/h3-8H,1-2H3. The number of hydrogen-bond acceptors (Lipinski definition) is 2. The van der Waals surface area contributed by atoms with Crippen LogP contribution in [0.25, 0.3) is 11.3 Å². The fourth-order valence-corrected chi connectivity index (χ4v) is 1.44. The molecular weight excluding hydrogens is 172 g/mol. The molecule has 2 rings (SSSR count). The molecular formula is C12H12N2. The number of pyridine rings is 2. The van der Waals surface area contributed by atoms with Crippen LogP contribution in [0.1, 0.15) is 11.3 Å². The molecule has 2 aromatic heterocycles. The first kappa shape index (κ1) is 8.88. The van der Waals surface area contributed by atoms with Gasteiger partial charge in [-0.25, -0.2) is 0 Å². The normalized spacial score (nSPS) is 10.1. The number of aromatic nitrogens is 2. The van der Waals surface area contributed by atoms with Gasteiger partial charge in [-0.3, -0.25) is 9.97 Å². The minimum absolute atomic E-state index is 0.996. The second kappa shape index (κ2) is 3.58. The van der Waals surface area contributed by atoms with Crippen LogP contribution in [0, 0.1) is 13.8 Å². The summed E-state index contributed by atoms with van der Waals surface area (Å²) in [6.45, 7) is 4.07. The molecule has 0 spiro atoms. The van der Waals surface area contributed by atoms with Crippen molar-refractivity contribution in [3.63, 3.8) is 0 Å². The summed E-state index contributed by atoms with van der Waals surface area (Å²) in [5.41, 5.74) is 4.34. The number of hydrogen-bond donors (Lipinski definition) is 0. The SMILES string of the molecule is Cc1ccnc(-c2cccnc2C)c1. The van der Waals surface area contributed by atoms with Gasteiger partial charge in [0.1, 0.15) is 0 Å². The predicted octanol–water partition coefficient (Wildman–Crippen LogP) is 2.76. The van der Waals surface area contributed by atoms with Gasteiger partial charge in [0.25, 0.3) is 0 Å². The van der Waals surface area contributed by atoms with E-state index in [1.54, 1.807) is 6.20 Å². The zero-order chi connectivity index (χ0) is 9.97. The number of rotatable bonds is 1. The third-order valence-electron chi connectivity index (χ3n) is 2.20. The fraction of sp³-hybridized carbons (Fsp3) is 0.167. The summed E-state index contributed by atoms with van der Waals surface area (Å²) in [6, 6.07) is 8.05. The number of aryl methyl sites for hydroxylation is 2. The van der Waals surface area contributed by atoms with Crippen molar-refractivity contribution in [3.05, 3.63) is 47.9 Å². The Bertz CT molecular complexity index is 450. The van der Waals surface area contributed by atoms with Crippen molar-refractivity contribution >= 4 is 0 Å². The van der Waals surface area contributed by atoms with Crippen molar-refractivity contribution in [2.75, 3.05) is 0 Å². The summed E-state index contributed by atoms with van der Waals surface area (Å²) in [4.78, 5) is 8.58. The van der Waals surface area contributed by atoms with Gasteiger partial charge in [0, 0.05) is 23.7 Å². The Balaban J connectivity index is 2.55. The molecule has 14 heavy (non-hydrogen) atoms. The van der Waals surface area contributed by atoms with Crippen LogP contribution in [0.15, 0.2) is 36.7 Å². The Morgan fingerprint density at radius 3 is 2.57 bits per heavy atom. The minimum atomic E-state index is 0.996. The molecule has 0 amide bonds. The first-order chi connectivity index (χ1) is 6.77. The highest BCUT2D eigenvalue weighted by atomic mass is 14.7. The molecule has 0 unspecified atom stereocenters. The molecule has 2 aromatic rings. The van der Waals surface area contributed by atoms with Gasteiger partial charge in [-0.05, 0) is 43.7 Å². The van der Waals surface area contributed by atoms with Gasteiger partial charge in [-0.2, -0.15) is 0 Å². The van der Waals surface area contributed by atoms with Crippen LogP contribution < -0.4 is 0 Å². The first-order valence-corrected chi connectivity index (χ1v) is 4.62. The molecule has 0 aliphatic carbocycles. The molecule has 2 heterocycles. The molecule has 0 saturated heterocycles. The summed E-state index contributed by atoms with van der Waals surface area (Å²) >= 11 is 0. The van der Waals surface area contributed by atoms with E-state index in [2.05, 4.69) is 23.0 Å². The van der Waals surface area contributed by atoms with Gasteiger partial charge >= 0.3 is 0 Å². The van der Waals surface area contributed by atoms with Gasteiger partial charge in [0.05, 0.1) is 5.69 Å². The molecule has 2 nitrogen and oxygen atoms in total. The molecule has 0 aromatic carbocycles. The largest absolute Gasteiger partial charge is 0.261 e. The average Bonchev–Trinajstić information content (AvgIpc) is 2.18. The second-order valence-corrected chi connectivity index (χ2v) is 3.35. The smallest absolute Gasteiger partial charge is 0.0722 e. The molecule has 70 valence electrons. The average molecular weight is 184 g/mol. The Morgan fingerprint density at radius 1 is 1.00 bits per heavy atom. The van der Waals surface area contributed by atoms with Crippen LogP contribution in [0.5, 0.6) is 0 Å². The highest BCUT2D eigenvalue weighted by Gasteiger charge is 2.02. The van der Waals surface area contributed by atoms with E-state index in [1.807, 2.05) is 31.3 Å². The van der Waals surface area contributed by atoms with Crippen LogP contribution in [-0.2, 0) is 0 Å². The highest BCUT2D eigenvalue weighted by molar-refractivity contribution is 5.61. The zero-order valence-electron chi connectivity index (χ0n) is 8.36. The van der Waals surface area contributed by atoms with E-state index < -0.39 is 0 Å². The van der Waals surface area contributed by atoms with Crippen molar-refractivity contribution in [2.24, 2.45) is 0 Å². The zero-order valence-corrected chi connectivity index (χ0v) is 8.36. The van der Waals surface area contributed by atoms with Crippen molar-refractivity contribution in [1.29, 1.82) is 0 Å². The van der Waals surface area contributed by atoms with Crippen LogP contribution in [0.4, 0.5) is 0 Å². The summed E-state index contributed by atoms with van der Waals surface area (Å²) in [7, 11) is 0. The van der Waals surface area contributed by atoms with E-state index in [4.69, 9.17) is 0 Å². The van der Waals surface area contributed by atoms with Gasteiger partial charge in [-0.15, -0.1) is 0 Å². The molecule has 0 bridgehead atoms. The molecule has 0 fully saturated rings. The Kier molecular flexibility index (Phi) is 2.27. The van der Waals surface area contributed by atoms with Crippen molar-refractivity contribution in [3.8, 4) is 11.3 Å². The van der Waals surface area contributed by atoms with Crippen LogP contribution in [0.3, 0.4) is 0 Å². The van der Waals surface area contributed by atoms with E-state index in [-0.39, 0.29) is 0 Å². The third kappa shape index (κ3) is 1.64. The maximum absolute atomic E-state index is 4.33. The third-order valence-corrected chi connectivity index (χ3v) is 2.20.